The molecule has 1 aliphatic rings. The molecule has 0 radical (unpaired) electrons. The summed E-state index contributed by atoms with van der Waals surface area (Å²) in [6.45, 7) is 2.55. The number of benzene rings is 1. The zero-order valence-corrected chi connectivity index (χ0v) is 14.1. The fraction of sp³-hybridized carbons (Fsp3) is 0.353. The van der Waals surface area contributed by atoms with Crippen molar-refractivity contribution in [3.8, 4) is 0 Å². The number of aromatic amines is 1. The van der Waals surface area contributed by atoms with Crippen LogP contribution in [-0.4, -0.2) is 51.8 Å². The number of carbonyl (C=O) groups is 3. The van der Waals surface area contributed by atoms with E-state index in [4.69, 9.17) is 4.74 Å². The smallest absolute Gasteiger partial charge is 0.308 e. The van der Waals surface area contributed by atoms with Gasteiger partial charge in [0.25, 0.3) is 5.24 Å². The van der Waals surface area contributed by atoms with Crippen LogP contribution in [0.25, 0.3) is 10.9 Å². The first-order valence-electron chi connectivity index (χ1n) is 7.78. The summed E-state index contributed by atoms with van der Waals surface area (Å²) in [7, 11) is 0. The van der Waals surface area contributed by atoms with Gasteiger partial charge >= 0.3 is 5.97 Å². The summed E-state index contributed by atoms with van der Waals surface area (Å²) in [6.07, 6.45) is 0.871. The van der Waals surface area contributed by atoms with E-state index >= 15 is 0 Å². The molecule has 1 atom stereocenters. The van der Waals surface area contributed by atoms with E-state index in [1.165, 1.54) is 11.8 Å². The van der Waals surface area contributed by atoms with Crippen molar-refractivity contribution in [3.63, 3.8) is 0 Å². The van der Waals surface area contributed by atoms with Crippen LogP contribution >= 0.6 is 11.8 Å². The minimum atomic E-state index is -0.861. The van der Waals surface area contributed by atoms with Crippen molar-refractivity contribution < 1.29 is 19.1 Å². The summed E-state index contributed by atoms with van der Waals surface area (Å²) < 4.78 is 5.23. The maximum Gasteiger partial charge on any atom is 0.308 e. The van der Waals surface area contributed by atoms with Crippen molar-refractivity contribution >= 4 is 39.7 Å². The van der Waals surface area contributed by atoms with Crippen molar-refractivity contribution in [2.75, 3.05) is 18.8 Å². The Hall–Kier alpha value is -2.28. The SMILES string of the molecule is C[C@H](OC(=O)CCN1CCSC1=O)C(=O)c1c[nH]c2ccccc12. The quantitative estimate of drug-likeness (QED) is 0.643. The van der Waals surface area contributed by atoms with E-state index in [0.717, 1.165) is 16.7 Å². The number of rotatable bonds is 6. The Morgan fingerprint density at radius 2 is 2.17 bits per heavy atom. The second-order valence-electron chi connectivity index (χ2n) is 5.60. The fourth-order valence-corrected chi connectivity index (χ4v) is 3.51. The van der Waals surface area contributed by atoms with Crippen LogP contribution in [0.5, 0.6) is 0 Å². The Kier molecular flexibility index (Phi) is 4.89. The van der Waals surface area contributed by atoms with E-state index in [9.17, 15) is 14.4 Å². The molecule has 1 aromatic carbocycles. The van der Waals surface area contributed by atoms with Gasteiger partial charge in [0, 0.05) is 41.5 Å². The first kappa shape index (κ1) is 16.6. The number of H-pyrrole nitrogens is 1. The summed E-state index contributed by atoms with van der Waals surface area (Å²) in [5.41, 5.74) is 1.38. The van der Waals surface area contributed by atoms with E-state index in [2.05, 4.69) is 4.98 Å². The zero-order valence-electron chi connectivity index (χ0n) is 13.3. The lowest BCUT2D eigenvalue weighted by molar-refractivity contribution is -0.146. The predicted molar refractivity (Wildman–Crippen MR) is 92.2 cm³/mol. The standard InChI is InChI=1S/C17H18N2O4S/c1-11(23-15(20)6-7-19-8-9-24-17(19)22)16(21)13-10-18-14-5-3-2-4-12(13)14/h2-5,10-11,18H,6-9H2,1H3/t11-/m0/s1. The molecule has 126 valence electrons. The van der Waals surface area contributed by atoms with Crippen LogP contribution in [-0.2, 0) is 9.53 Å². The Morgan fingerprint density at radius 1 is 1.38 bits per heavy atom. The van der Waals surface area contributed by atoms with Crippen molar-refractivity contribution in [2.24, 2.45) is 0 Å². The average Bonchev–Trinajstić information content (AvgIpc) is 3.18. The predicted octanol–water partition coefficient (Wildman–Crippen LogP) is 2.84. The molecule has 1 aliphatic heterocycles. The Labute approximate surface area is 143 Å². The Bertz CT molecular complexity index is 786. The van der Waals surface area contributed by atoms with Gasteiger partial charge in [-0.05, 0) is 13.0 Å². The molecule has 0 saturated carbocycles. The fourth-order valence-electron chi connectivity index (χ4n) is 2.66. The lowest BCUT2D eigenvalue weighted by Crippen LogP contribution is -2.29. The van der Waals surface area contributed by atoms with Gasteiger partial charge in [0.1, 0.15) is 0 Å². The van der Waals surface area contributed by atoms with Crippen molar-refractivity contribution in [1.82, 2.24) is 9.88 Å². The summed E-state index contributed by atoms with van der Waals surface area (Å²) in [4.78, 5) is 40.6. The number of para-hydroxylation sites is 1. The molecule has 3 rings (SSSR count). The zero-order chi connectivity index (χ0) is 17.1. The number of nitrogens with zero attached hydrogens (tertiary/aromatic N) is 1. The number of thioether (sulfide) groups is 1. The van der Waals surface area contributed by atoms with Gasteiger partial charge in [-0.25, -0.2) is 0 Å². The number of esters is 1. The molecule has 6 nitrogen and oxygen atoms in total. The van der Waals surface area contributed by atoms with E-state index in [1.807, 2.05) is 24.3 Å². The lowest BCUT2D eigenvalue weighted by atomic mass is 10.1. The maximum atomic E-state index is 12.5. The van der Waals surface area contributed by atoms with Gasteiger partial charge in [-0.3, -0.25) is 14.4 Å². The molecule has 1 amide bonds. The van der Waals surface area contributed by atoms with Gasteiger partial charge in [-0.2, -0.15) is 0 Å². The highest BCUT2D eigenvalue weighted by Crippen LogP contribution is 2.20. The number of nitrogens with one attached hydrogen (secondary N) is 1. The van der Waals surface area contributed by atoms with Crippen LogP contribution in [0.3, 0.4) is 0 Å². The first-order valence-corrected chi connectivity index (χ1v) is 8.76. The normalized spacial score (nSPS) is 15.7. The van der Waals surface area contributed by atoms with Crippen LogP contribution in [0, 0.1) is 0 Å². The van der Waals surface area contributed by atoms with Gasteiger partial charge in [0.05, 0.1) is 6.42 Å². The van der Waals surface area contributed by atoms with Crippen molar-refractivity contribution in [2.45, 2.75) is 19.4 Å². The summed E-state index contributed by atoms with van der Waals surface area (Å²) in [6, 6.07) is 7.47. The Morgan fingerprint density at radius 3 is 2.92 bits per heavy atom. The molecule has 1 N–H and O–H groups in total. The molecule has 0 unspecified atom stereocenters. The number of hydrogen-bond donors (Lipinski definition) is 1. The van der Waals surface area contributed by atoms with Gasteiger partial charge < -0.3 is 14.6 Å². The summed E-state index contributed by atoms with van der Waals surface area (Å²) >= 11 is 1.25. The topological polar surface area (TPSA) is 79.5 Å². The van der Waals surface area contributed by atoms with Gasteiger partial charge in [-0.1, -0.05) is 30.0 Å². The van der Waals surface area contributed by atoms with Crippen LogP contribution < -0.4 is 0 Å². The summed E-state index contributed by atoms with van der Waals surface area (Å²) in [5.74, 6) is 0.0394. The van der Waals surface area contributed by atoms with Gasteiger partial charge in [-0.15, -0.1) is 0 Å². The van der Waals surface area contributed by atoms with Gasteiger partial charge in [0.15, 0.2) is 6.10 Å². The first-order chi connectivity index (χ1) is 11.6. The highest BCUT2D eigenvalue weighted by Gasteiger charge is 2.24. The van der Waals surface area contributed by atoms with E-state index < -0.39 is 12.1 Å². The minimum absolute atomic E-state index is 0.00859. The second-order valence-corrected chi connectivity index (χ2v) is 6.64. The number of aromatic nitrogens is 1. The third kappa shape index (κ3) is 3.46. The number of ketones is 1. The monoisotopic (exact) mass is 346 g/mol. The molecule has 0 bridgehead atoms. The maximum absolute atomic E-state index is 12.5. The molecule has 7 heteroatoms. The van der Waals surface area contributed by atoms with Crippen molar-refractivity contribution in [3.05, 3.63) is 36.0 Å². The number of ether oxygens (including phenoxy) is 1. The highest BCUT2D eigenvalue weighted by molar-refractivity contribution is 8.13. The largest absolute Gasteiger partial charge is 0.454 e. The molecule has 0 aliphatic carbocycles. The van der Waals surface area contributed by atoms with Gasteiger partial charge in [0.2, 0.25) is 5.78 Å². The minimum Gasteiger partial charge on any atom is -0.454 e. The summed E-state index contributed by atoms with van der Waals surface area (Å²) in [5, 5.41) is 0.802. The average molecular weight is 346 g/mol. The highest BCUT2D eigenvalue weighted by atomic mass is 32.2. The number of carbonyl (C=O) groups excluding carboxylic acids is 3. The molecule has 1 saturated heterocycles. The third-order valence-electron chi connectivity index (χ3n) is 3.96. The molecular formula is C17H18N2O4S. The molecule has 0 spiro atoms. The van der Waals surface area contributed by atoms with Crippen LogP contribution in [0.4, 0.5) is 4.79 Å². The number of amides is 1. The second kappa shape index (κ2) is 7.09. The van der Waals surface area contributed by atoms with Crippen LogP contribution in [0.15, 0.2) is 30.5 Å². The molecule has 2 aromatic rings. The van der Waals surface area contributed by atoms with Crippen LogP contribution in [0.2, 0.25) is 0 Å². The molecule has 24 heavy (non-hydrogen) atoms. The Balaban J connectivity index is 1.57. The molecule has 1 aromatic heterocycles. The molecule has 1 fully saturated rings. The van der Waals surface area contributed by atoms with E-state index in [-0.39, 0.29) is 17.4 Å². The van der Waals surface area contributed by atoms with E-state index in [0.29, 0.717) is 18.7 Å². The number of hydrogen-bond acceptors (Lipinski definition) is 5. The van der Waals surface area contributed by atoms with Crippen LogP contribution in [0.1, 0.15) is 23.7 Å². The van der Waals surface area contributed by atoms with Crippen molar-refractivity contribution in [1.29, 1.82) is 0 Å². The lowest BCUT2D eigenvalue weighted by Gasteiger charge is -2.15. The number of Topliss-reactive ketones (excluding diaryl/α,β-unsaturated/α-hetero) is 1. The molecular weight excluding hydrogens is 328 g/mol. The number of fused-ring (bicyclic) bond motifs is 1. The van der Waals surface area contributed by atoms with E-state index in [1.54, 1.807) is 18.0 Å². The third-order valence-corrected chi connectivity index (χ3v) is 4.85. The molecule has 2 heterocycles.